The van der Waals surface area contributed by atoms with Gasteiger partial charge in [-0.1, -0.05) is 25.4 Å². The number of halogens is 1. The summed E-state index contributed by atoms with van der Waals surface area (Å²) in [6.07, 6.45) is 2.27. The lowest BCUT2D eigenvalue weighted by molar-refractivity contribution is -0.139. The summed E-state index contributed by atoms with van der Waals surface area (Å²) in [7, 11) is 0. The highest BCUT2D eigenvalue weighted by Gasteiger charge is 2.22. The lowest BCUT2D eigenvalue weighted by atomic mass is 10.0. The van der Waals surface area contributed by atoms with Crippen molar-refractivity contribution in [3.63, 3.8) is 0 Å². The van der Waals surface area contributed by atoms with Crippen LogP contribution in [0.25, 0.3) is 0 Å². The predicted octanol–water partition coefficient (Wildman–Crippen LogP) is 3.29. The Bertz CT molecular complexity index is 505. The zero-order valence-corrected chi connectivity index (χ0v) is 13.2. The molecule has 0 unspecified atom stereocenters. The molecular formula is C14H18ClNO3S. The molecule has 0 aliphatic heterocycles. The molecule has 0 bridgehead atoms. The van der Waals surface area contributed by atoms with Crippen LogP contribution in [0.4, 0.5) is 0 Å². The third-order valence-electron chi connectivity index (χ3n) is 2.73. The lowest BCUT2D eigenvalue weighted by Crippen LogP contribution is -2.41. The summed E-state index contributed by atoms with van der Waals surface area (Å²) in [6, 6.07) is 4.21. The van der Waals surface area contributed by atoms with E-state index in [1.165, 1.54) is 11.8 Å². The molecule has 0 spiro atoms. The summed E-state index contributed by atoms with van der Waals surface area (Å²) in [6.45, 7) is 3.81. The van der Waals surface area contributed by atoms with Crippen molar-refractivity contribution in [3.8, 4) is 0 Å². The summed E-state index contributed by atoms with van der Waals surface area (Å²) in [4.78, 5) is 24.2. The third-order valence-corrected chi connectivity index (χ3v) is 3.78. The Morgan fingerprint density at radius 3 is 2.55 bits per heavy atom. The summed E-state index contributed by atoms with van der Waals surface area (Å²) in [5, 5.41) is 12.0. The van der Waals surface area contributed by atoms with Crippen molar-refractivity contribution in [3.05, 3.63) is 28.8 Å². The van der Waals surface area contributed by atoms with Gasteiger partial charge >= 0.3 is 5.97 Å². The van der Waals surface area contributed by atoms with Crippen molar-refractivity contribution < 1.29 is 14.7 Å². The van der Waals surface area contributed by atoms with Crippen molar-refractivity contribution >= 4 is 35.2 Å². The number of hydrogen-bond donors (Lipinski definition) is 2. The number of carboxylic acid groups (broad SMARTS) is 1. The fourth-order valence-electron chi connectivity index (χ4n) is 1.73. The van der Waals surface area contributed by atoms with E-state index in [0.29, 0.717) is 17.0 Å². The Balaban J connectivity index is 2.91. The van der Waals surface area contributed by atoms with Gasteiger partial charge in [-0.25, -0.2) is 4.79 Å². The van der Waals surface area contributed by atoms with Gasteiger partial charge in [0.25, 0.3) is 5.91 Å². The average Bonchev–Trinajstić information content (AvgIpc) is 2.37. The van der Waals surface area contributed by atoms with Crippen LogP contribution in [0, 0.1) is 5.92 Å². The van der Waals surface area contributed by atoms with Gasteiger partial charge in [-0.15, -0.1) is 11.8 Å². The highest BCUT2D eigenvalue weighted by molar-refractivity contribution is 7.98. The van der Waals surface area contributed by atoms with Gasteiger partial charge in [0.2, 0.25) is 0 Å². The SMILES string of the molecule is CSc1ccc(Cl)c(C(=O)N[C@@H](CC(C)C)C(=O)O)c1. The minimum atomic E-state index is -1.04. The van der Waals surface area contributed by atoms with E-state index < -0.39 is 17.9 Å². The van der Waals surface area contributed by atoms with Crippen LogP contribution in [-0.2, 0) is 4.79 Å². The molecule has 1 amide bonds. The average molecular weight is 316 g/mol. The molecule has 1 aromatic rings. The normalized spacial score (nSPS) is 12.2. The number of amides is 1. The van der Waals surface area contributed by atoms with Gasteiger partial charge < -0.3 is 10.4 Å². The standard InChI is InChI=1S/C14H18ClNO3S/c1-8(2)6-12(14(18)19)16-13(17)10-7-9(20-3)4-5-11(10)15/h4-5,7-8,12H,6H2,1-3H3,(H,16,17)(H,18,19)/t12-/m0/s1. The van der Waals surface area contributed by atoms with E-state index >= 15 is 0 Å². The second-order valence-electron chi connectivity index (χ2n) is 4.84. The van der Waals surface area contributed by atoms with E-state index in [0.717, 1.165) is 4.90 Å². The van der Waals surface area contributed by atoms with Gasteiger partial charge in [-0.3, -0.25) is 4.79 Å². The zero-order valence-electron chi connectivity index (χ0n) is 11.6. The summed E-state index contributed by atoms with van der Waals surface area (Å²) in [5.74, 6) is -1.33. The fourth-order valence-corrected chi connectivity index (χ4v) is 2.38. The van der Waals surface area contributed by atoms with Gasteiger partial charge in [-0.05, 0) is 36.8 Å². The topological polar surface area (TPSA) is 66.4 Å². The monoisotopic (exact) mass is 315 g/mol. The number of hydrogen-bond acceptors (Lipinski definition) is 3. The maximum atomic E-state index is 12.2. The van der Waals surface area contributed by atoms with Crippen LogP contribution in [0.1, 0.15) is 30.6 Å². The van der Waals surface area contributed by atoms with E-state index in [1.807, 2.05) is 26.2 Å². The first kappa shape index (κ1) is 16.9. The molecule has 0 heterocycles. The highest BCUT2D eigenvalue weighted by Crippen LogP contribution is 2.23. The smallest absolute Gasteiger partial charge is 0.326 e. The third kappa shape index (κ3) is 4.72. The number of carbonyl (C=O) groups is 2. The molecule has 4 nitrogen and oxygen atoms in total. The number of carbonyl (C=O) groups excluding carboxylic acids is 1. The fraction of sp³-hybridized carbons (Fsp3) is 0.429. The molecular weight excluding hydrogens is 298 g/mol. The molecule has 0 aliphatic carbocycles. The largest absolute Gasteiger partial charge is 0.480 e. The maximum Gasteiger partial charge on any atom is 0.326 e. The van der Waals surface area contributed by atoms with Crippen LogP contribution < -0.4 is 5.32 Å². The van der Waals surface area contributed by atoms with Crippen molar-refractivity contribution in [1.82, 2.24) is 5.32 Å². The molecule has 0 aromatic heterocycles. The molecule has 6 heteroatoms. The van der Waals surface area contributed by atoms with E-state index in [2.05, 4.69) is 5.32 Å². The molecule has 0 saturated heterocycles. The molecule has 0 radical (unpaired) electrons. The number of benzene rings is 1. The predicted molar refractivity (Wildman–Crippen MR) is 81.6 cm³/mol. The molecule has 2 N–H and O–H groups in total. The van der Waals surface area contributed by atoms with Crippen LogP contribution in [0.5, 0.6) is 0 Å². The first-order valence-corrected chi connectivity index (χ1v) is 7.82. The Morgan fingerprint density at radius 2 is 2.05 bits per heavy atom. The molecule has 0 fully saturated rings. The van der Waals surface area contributed by atoms with Crippen LogP contribution in [0.2, 0.25) is 5.02 Å². The quantitative estimate of drug-likeness (QED) is 0.791. The second kappa shape index (κ2) is 7.55. The number of thioether (sulfide) groups is 1. The number of aliphatic carboxylic acids is 1. The Kier molecular flexibility index (Phi) is 6.36. The zero-order chi connectivity index (χ0) is 15.3. The first-order valence-electron chi connectivity index (χ1n) is 6.22. The molecule has 1 rings (SSSR count). The van der Waals surface area contributed by atoms with E-state index in [1.54, 1.807) is 12.1 Å². The van der Waals surface area contributed by atoms with E-state index in [4.69, 9.17) is 16.7 Å². The second-order valence-corrected chi connectivity index (χ2v) is 6.13. The summed E-state index contributed by atoms with van der Waals surface area (Å²) in [5.41, 5.74) is 0.300. The Labute approximate surface area is 127 Å². The number of carboxylic acids is 1. The van der Waals surface area contributed by atoms with E-state index in [9.17, 15) is 9.59 Å². The summed E-state index contributed by atoms with van der Waals surface area (Å²) < 4.78 is 0. The van der Waals surface area contributed by atoms with Gasteiger partial charge in [0.05, 0.1) is 10.6 Å². The maximum absolute atomic E-state index is 12.2. The van der Waals surface area contributed by atoms with Gasteiger partial charge in [0.1, 0.15) is 6.04 Å². The first-order chi connectivity index (χ1) is 9.35. The summed E-state index contributed by atoms with van der Waals surface area (Å²) >= 11 is 7.49. The van der Waals surface area contributed by atoms with Crippen LogP contribution in [0.3, 0.4) is 0 Å². The number of rotatable bonds is 6. The van der Waals surface area contributed by atoms with Crippen molar-refractivity contribution in [2.75, 3.05) is 6.26 Å². The van der Waals surface area contributed by atoms with Gasteiger partial charge in [-0.2, -0.15) is 0 Å². The van der Waals surface area contributed by atoms with Crippen LogP contribution >= 0.6 is 23.4 Å². The molecule has 0 aliphatic rings. The highest BCUT2D eigenvalue weighted by atomic mass is 35.5. The van der Waals surface area contributed by atoms with Crippen LogP contribution in [0.15, 0.2) is 23.1 Å². The lowest BCUT2D eigenvalue weighted by Gasteiger charge is -2.17. The minimum Gasteiger partial charge on any atom is -0.480 e. The number of nitrogens with one attached hydrogen (secondary N) is 1. The Hall–Kier alpha value is -1.20. The van der Waals surface area contributed by atoms with Crippen LogP contribution in [-0.4, -0.2) is 29.3 Å². The van der Waals surface area contributed by atoms with Gasteiger partial charge in [0, 0.05) is 4.90 Å². The van der Waals surface area contributed by atoms with Crippen molar-refractivity contribution in [2.24, 2.45) is 5.92 Å². The molecule has 110 valence electrons. The molecule has 20 heavy (non-hydrogen) atoms. The Morgan fingerprint density at radius 1 is 1.40 bits per heavy atom. The minimum absolute atomic E-state index is 0.171. The van der Waals surface area contributed by atoms with Crippen molar-refractivity contribution in [1.29, 1.82) is 0 Å². The molecule has 1 atom stereocenters. The van der Waals surface area contributed by atoms with Gasteiger partial charge in [0.15, 0.2) is 0 Å². The van der Waals surface area contributed by atoms with E-state index in [-0.39, 0.29) is 5.92 Å². The molecule has 1 aromatic carbocycles. The molecule has 0 saturated carbocycles. The van der Waals surface area contributed by atoms with Crippen molar-refractivity contribution in [2.45, 2.75) is 31.2 Å².